The van der Waals surface area contributed by atoms with Crippen molar-refractivity contribution in [2.45, 2.75) is 44.7 Å². The Morgan fingerprint density at radius 2 is 1.94 bits per heavy atom. The lowest BCUT2D eigenvalue weighted by molar-refractivity contribution is -0.133. The Balaban J connectivity index is 2.45. The second kappa shape index (κ2) is 5.15. The zero-order valence-corrected chi connectivity index (χ0v) is 11.0. The van der Waals surface area contributed by atoms with Gasteiger partial charge < -0.3 is 15.5 Å². The van der Waals surface area contributed by atoms with E-state index in [1.54, 1.807) is 0 Å². The summed E-state index contributed by atoms with van der Waals surface area (Å²) in [6.07, 6.45) is 2.57. The van der Waals surface area contributed by atoms with Gasteiger partial charge in [-0.25, -0.2) is 0 Å². The third kappa shape index (κ3) is 4.10. The first-order valence-electron chi connectivity index (χ1n) is 6.03. The van der Waals surface area contributed by atoms with E-state index in [0.29, 0.717) is 12.5 Å². The Hall–Kier alpha value is -0.610. The van der Waals surface area contributed by atoms with Crippen LogP contribution in [0.4, 0.5) is 0 Å². The normalized spacial score (nSPS) is 19.8. The molecule has 16 heavy (non-hydrogen) atoms. The molecular formula is C12H25N3O. The minimum atomic E-state index is -0.406. The minimum absolute atomic E-state index is 0.169. The van der Waals surface area contributed by atoms with Gasteiger partial charge in [0, 0.05) is 25.0 Å². The number of likely N-dealkylation sites (tertiary alicyclic amines) is 1. The topological polar surface area (TPSA) is 49.6 Å². The number of carbonyl (C=O) groups excluding carboxylic acids is 1. The van der Waals surface area contributed by atoms with E-state index in [2.05, 4.69) is 11.9 Å². The lowest BCUT2D eigenvalue weighted by atomic mass is 9.99. The van der Waals surface area contributed by atoms with Crippen LogP contribution in [0.2, 0.25) is 0 Å². The highest BCUT2D eigenvalue weighted by molar-refractivity contribution is 5.77. The Bertz CT molecular complexity index is 239. The van der Waals surface area contributed by atoms with Crippen LogP contribution in [0.3, 0.4) is 0 Å². The van der Waals surface area contributed by atoms with Crippen molar-refractivity contribution in [2.75, 3.05) is 27.2 Å². The zero-order valence-electron chi connectivity index (χ0n) is 11.0. The summed E-state index contributed by atoms with van der Waals surface area (Å²) in [5.41, 5.74) is 5.46. The van der Waals surface area contributed by atoms with E-state index in [9.17, 15) is 4.79 Å². The summed E-state index contributed by atoms with van der Waals surface area (Å²) in [7, 11) is 4.03. The molecule has 0 bridgehead atoms. The first-order valence-corrected chi connectivity index (χ1v) is 6.03. The first kappa shape index (κ1) is 13.5. The summed E-state index contributed by atoms with van der Waals surface area (Å²) >= 11 is 0. The van der Waals surface area contributed by atoms with Gasteiger partial charge in [0.15, 0.2) is 0 Å². The van der Waals surface area contributed by atoms with Crippen molar-refractivity contribution in [1.82, 2.24) is 9.80 Å². The molecule has 0 aliphatic carbocycles. The van der Waals surface area contributed by atoms with Gasteiger partial charge in [0.25, 0.3) is 0 Å². The molecule has 0 aromatic rings. The summed E-state index contributed by atoms with van der Waals surface area (Å²) in [5, 5.41) is 0. The fourth-order valence-electron chi connectivity index (χ4n) is 2.10. The van der Waals surface area contributed by atoms with Crippen molar-refractivity contribution in [2.24, 2.45) is 5.73 Å². The van der Waals surface area contributed by atoms with E-state index in [1.807, 2.05) is 25.8 Å². The van der Waals surface area contributed by atoms with Crippen LogP contribution in [0.25, 0.3) is 0 Å². The van der Waals surface area contributed by atoms with Gasteiger partial charge in [-0.3, -0.25) is 4.79 Å². The Morgan fingerprint density at radius 3 is 2.38 bits per heavy atom. The Morgan fingerprint density at radius 1 is 1.44 bits per heavy atom. The molecule has 1 fully saturated rings. The Kier molecular flexibility index (Phi) is 4.33. The van der Waals surface area contributed by atoms with Crippen molar-refractivity contribution in [3.8, 4) is 0 Å². The standard InChI is InChI=1S/C12H25N3O/c1-12(2,13)9-11(16)15(4)10-5-7-14(3)8-6-10/h10H,5-9,13H2,1-4H3. The van der Waals surface area contributed by atoms with E-state index in [4.69, 9.17) is 5.73 Å². The van der Waals surface area contributed by atoms with Crippen LogP contribution in [0.1, 0.15) is 33.1 Å². The third-order valence-electron chi connectivity index (χ3n) is 3.24. The molecule has 0 saturated carbocycles. The number of nitrogens with zero attached hydrogens (tertiary/aromatic N) is 2. The molecule has 2 N–H and O–H groups in total. The lowest BCUT2D eigenvalue weighted by Crippen LogP contribution is -2.47. The van der Waals surface area contributed by atoms with Gasteiger partial charge in [0.05, 0.1) is 0 Å². The van der Waals surface area contributed by atoms with Crippen molar-refractivity contribution in [3.05, 3.63) is 0 Å². The molecule has 1 amide bonds. The number of amides is 1. The van der Waals surface area contributed by atoms with Crippen LogP contribution in [-0.4, -0.2) is 54.5 Å². The maximum absolute atomic E-state index is 12.0. The molecule has 0 aromatic heterocycles. The van der Waals surface area contributed by atoms with Crippen LogP contribution in [0.15, 0.2) is 0 Å². The number of hydrogen-bond donors (Lipinski definition) is 1. The predicted octanol–water partition coefficient (Wildman–Crippen LogP) is 0.666. The fraction of sp³-hybridized carbons (Fsp3) is 0.917. The fourth-order valence-corrected chi connectivity index (χ4v) is 2.10. The number of piperidine rings is 1. The van der Waals surface area contributed by atoms with E-state index >= 15 is 0 Å². The van der Waals surface area contributed by atoms with Crippen LogP contribution < -0.4 is 5.73 Å². The molecule has 0 aromatic carbocycles. The molecule has 0 radical (unpaired) electrons. The molecule has 1 heterocycles. The quantitative estimate of drug-likeness (QED) is 0.771. The van der Waals surface area contributed by atoms with Gasteiger partial charge in [0.2, 0.25) is 5.91 Å². The zero-order chi connectivity index (χ0) is 12.3. The Labute approximate surface area is 98.8 Å². The second-order valence-electron chi connectivity index (χ2n) is 5.70. The van der Waals surface area contributed by atoms with E-state index in [-0.39, 0.29) is 5.91 Å². The van der Waals surface area contributed by atoms with Gasteiger partial charge in [-0.05, 0) is 46.8 Å². The highest BCUT2D eigenvalue weighted by atomic mass is 16.2. The van der Waals surface area contributed by atoms with Crippen LogP contribution in [0, 0.1) is 0 Å². The number of rotatable bonds is 3. The average Bonchev–Trinajstić information content (AvgIpc) is 2.15. The molecule has 1 aliphatic heterocycles. The molecule has 0 atom stereocenters. The van der Waals surface area contributed by atoms with Crippen molar-refractivity contribution in [3.63, 3.8) is 0 Å². The van der Waals surface area contributed by atoms with E-state index in [0.717, 1.165) is 25.9 Å². The van der Waals surface area contributed by atoms with Gasteiger partial charge in [0.1, 0.15) is 0 Å². The van der Waals surface area contributed by atoms with Gasteiger partial charge in [-0.1, -0.05) is 0 Å². The van der Waals surface area contributed by atoms with Gasteiger partial charge in [-0.2, -0.15) is 0 Å². The molecule has 1 saturated heterocycles. The summed E-state index contributed by atoms with van der Waals surface area (Å²) < 4.78 is 0. The second-order valence-corrected chi connectivity index (χ2v) is 5.70. The number of hydrogen-bond acceptors (Lipinski definition) is 3. The summed E-state index contributed by atoms with van der Waals surface area (Å²) in [6.45, 7) is 5.95. The number of nitrogens with two attached hydrogens (primary N) is 1. The van der Waals surface area contributed by atoms with E-state index in [1.165, 1.54) is 0 Å². The van der Waals surface area contributed by atoms with Gasteiger partial charge >= 0.3 is 0 Å². The van der Waals surface area contributed by atoms with Gasteiger partial charge in [-0.15, -0.1) is 0 Å². The van der Waals surface area contributed by atoms with Crippen molar-refractivity contribution >= 4 is 5.91 Å². The SMILES string of the molecule is CN1CCC(N(C)C(=O)CC(C)(C)N)CC1. The number of carbonyl (C=O) groups is 1. The van der Waals surface area contributed by atoms with Crippen LogP contribution in [0.5, 0.6) is 0 Å². The maximum Gasteiger partial charge on any atom is 0.224 e. The highest BCUT2D eigenvalue weighted by Gasteiger charge is 2.26. The van der Waals surface area contributed by atoms with Crippen LogP contribution in [-0.2, 0) is 4.79 Å². The highest BCUT2D eigenvalue weighted by Crippen LogP contribution is 2.16. The molecule has 1 rings (SSSR count). The predicted molar refractivity (Wildman–Crippen MR) is 66.2 cm³/mol. The molecule has 0 unspecified atom stereocenters. The smallest absolute Gasteiger partial charge is 0.224 e. The molecular weight excluding hydrogens is 202 g/mol. The lowest BCUT2D eigenvalue weighted by Gasteiger charge is -2.36. The molecule has 0 spiro atoms. The summed E-state index contributed by atoms with van der Waals surface area (Å²) in [5.74, 6) is 0.169. The molecule has 1 aliphatic rings. The van der Waals surface area contributed by atoms with E-state index < -0.39 is 5.54 Å². The summed E-state index contributed by atoms with van der Waals surface area (Å²) in [6, 6.07) is 0.394. The summed E-state index contributed by atoms with van der Waals surface area (Å²) in [4.78, 5) is 16.2. The van der Waals surface area contributed by atoms with Crippen molar-refractivity contribution in [1.29, 1.82) is 0 Å². The molecule has 94 valence electrons. The minimum Gasteiger partial charge on any atom is -0.343 e. The first-order chi connectivity index (χ1) is 7.29. The molecule has 4 heteroatoms. The third-order valence-corrected chi connectivity index (χ3v) is 3.24. The monoisotopic (exact) mass is 227 g/mol. The molecule has 4 nitrogen and oxygen atoms in total. The maximum atomic E-state index is 12.0. The largest absolute Gasteiger partial charge is 0.343 e. The van der Waals surface area contributed by atoms with Crippen molar-refractivity contribution < 1.29 is 4.79 Å². The van der Waals surface area contributed by atoms with Crippen LogP contribution >= 0.6 is 0 Å². The average molecular weight is 227 g/mol.